The molecule has 1 aliphatic carbocycles. The molecule has 5 rings (SSSR count). The van der Waals surface area contributed by atoms with Crippen LogP contribution in [0.3, 0.4) is 0 Å². The number of halogens is 2. The molecule has 53 heavy (non-hydrogen) atoms. The van der Waals surface area contributed by atoms with Crippen LogP contribution < -0.4 is 5.32 Å². The minimum Gasteiger partial charge on any atom is -0.357 e. The van der Waals surface area contributed by atoms with E-state index < -0.39 is 5.92 Å². The van der Waals surface area contributed by atoms with Gasteiger partial charge in [0.2, 0.25) is 11.8 Å². The highest BCUT2D eigenvalue weighted by molar-refractivity contribution is 8.89. The molecule has 1 aromatic heterocycles. The van der Waals surface area contributed by atoms with Crippen molar-refractivity contribution in [2.24, 2.45) is 5.92 Å². The Kier molecular flexibility index (Phi) is 17.3. The van der Waals surface area contributed by atoms with Gasteiger partial charge >= 0.3 is 0 Å². The molecule has 2 aliphatic heterocycles. The van der Waals surface area contributed by atoms with Gasteiger partial charge in [0.05, 0.1) is 6.04 Å². The summed E-state index contributed by atoms with van der Waals surface area (Å²) in [6.45, 7) is 19.6. The normalized spacial score (nSPS) is 21.8. The molecule has 8 nitrogen and oxygen atoms in total. The zero-order chi connectivity index (χ0) is 38.7. The molecule has 3 heterocycles. The zero-order valence-electron chi connectivity index (χ0n) is 32.7. The van der Waals surface area contributed by atoms with Crippen LogP contribution in [0.5, 0.6) is 0 Å². The van der Waals surface area contributed by atoms with Crippen LogP contribution in [0.25, 0.3) is 0 Å². The van der Waals surface area contributed by atoms with Gasteiger partial charge in [-0.25, -0.2) is 8.78 Å². The second-order valence-electron chi connectivity index (χ2n) is 14.8. The molecule has 0 spiro atoms. The van der Waals surface area contributed by atoms with E-state index in [1.54, 1.807) is 21.6 Å². The Morgan fingerprint density at radius 2 is 1.42 bits per heavy atom. The summed E-state index contributed by atoms with van der Waals surface area (Å²) in [6.07, 6.45) is 5.59. The van der Waals surface area contributed by atoms with E-state index in [-0.39, 0.29) is 43.6 Å². The number of fused-ring (bicyclic) bond motifs is 2. The lowest BCUT2D eigenvalue weighted by Gasteiger charge is -2.40. The highest BCUT2D eigenvalue weighted by atomic mass is 33.1. The number of benzene rings is 1. The minimum atomic E-state index is -2.62. The van der Waals surface area contributed by atoms with Gasteiger partial charge in [-0.15, -0.1) is 10.2 Å². The Morgan fingerprint density at radius 3 is 1.91 bits per heavy atom. The third-order valence-corrected chi connectivity index (χ3v) is 14.9. The van der Waals surface area contributed by atoms with Gasteiger partial charge in [0.15, 0.2) is 0 Å². The number of carbonyl (C=O) groups excluding carboxylic acids is 1. The van der Waals surface area contributed by atoms with Crippen LogP contribution in [0.1, 0.15) is 135 Å². The second kappa shape index (κ2) is 20.9. The summed E-state index contributed by atoms with van der Waals surface area (Å²) in [5.74, 6) is -0.572. The largest absolute Gasteiger partial charge is 0.357 e. The van der Waals surface area contributed by atoms with Gasteiger partial charge in [0.25, 0.3) is 0 Å². The van der Waals surface area contributed by atoms with E-state index in [9.17, 15) is 13.6 Å². The van der Waals surface area contributed by atoms with Gasteiger partial charge < -0.3 is 19.7 Å². The van der Waals surface area contributed by atoms with Crippen molar-refractivity contribution in [1.82, 2.24) is 34.8 Å². The smallest absolute Gasteiger partial charge is 0.248 e. The summed E-state index contributed by atoms with van der Waals surface area (Å²) in [5.41, 5.74) is 1.08. The maximum Gasteiger partial charge on any atom is 0.248 e. The summed E-state index contributed by atoms with van der Waals surface area (Å²) in [4.78, 5) is 20.1. The number of aryl methyl sites for hydroxylation is 1. The number of amides is 1. The summed E-state index contributed by atoms with van der Waals surface area (Å²) in [6, 6.07) is 11.5. The maximum atomic E-state index is 13.6. The third-order valence-electron chi connectivity index (χ3n) is 11.1. The predicted molar refractivity (Wildman–Crippen MR) is 226 cm³/mol. The monoisotopic (exact) mass is 809 g/mol. The van der Waals surface area contributed by atoms with Crippen LogP contribution in [0.15, 0.2) is 30.3 Å². The second-order valence-corrected chi connectivity index (χ2v) is 18.2. The molecule has 2 saturated heterocycles. The first-order chi connectivity index (χ1) is 25.3. The molecule has 3 fully saturated rings. The number of nitrogens with one attached hydrogen (secondary N) is 1. The van der Waals surface area contributed by atoms with Gasteiger partial charge in [-0.2, -0.15) is 0 Å². The SMILES string of the molecule is CCN(CC)C(=S)SSC(=S)N(CC)CC.Cc1nnc(C(C)C)n1C1C[C@H]2CC[C@@H](C1)N2CC[C@H](NC(=O)C1CCC(F)(F)CC1)c1ccccc1. The van der Waals surface area contributed by atoms with E-state index in [1.807, 2.05) is 18.2 Å². The van der Waals surface area contributed by atoms with Crippen molar-refractivity contribution in [1.29, 1.82) is 0 Å². The predicted octanol–water partition coefficient (Wildman–Crippen LogP) is 9.57. The van der Waals surface area contributed by atoms with Crippen LogP contribution in [-0.2, 0) is 4.79 Å². The number of nitrogens with zero attached hydrogens (tertiary/aromatic N) is 6. The highest BCUT2D eigenvalue weighted by Crippen LogP contribution is 2.43. The van der Waals surface area contributed by atoms with E-state index in [4.69, 9.17) is 24.4 Å². The number of piperidine rings is 1. The lowest BCUT2D eigenvalue weighted by molar-refractivity contribution is -0.130. The summed E-state index contributed by atoms with van der Waals surface area (Å²) in [5, 5.41) is 12.1. The molecule has 3 aliphatic rings. The molecular weight excluding hydrogens is 749 g/mol. The molecule has 1 N–H and O–H groups in total. The van der Waals surface area contributed by atoms with Crippen molar-refractivity contribution in [3.05, 3.63) is 47.5 Å². The van der Waals surface area contributed by atoms with E-state index in [2.05, 4.69) is 95.4 Å². The van der Waals surface area contributed by atoms with Crippen LogP contribution in [0.4, 0.5) is 8.78 Å². The fourth-order valence-electron chi connectivity index (χ4n) is 8.07. The van der Waals surface area contributed by atoms with Gasteiger partial charge in [-0.3, -0.25) is 9.69 Å². The Bertz CT molecular complexity index is 1420. The molecule has 2 bridgehead atoms. The van der Waals surface area contributed by atoms with Gasteiger partial charge in [-0.1, -0.05) is 68.6 Å². The van der Waals surface area contributed by atoms with Crippen molar-refractivity contribution in [3.8, 4) is 0 Å². The molecule has 1 saturated carbocycles. The number of aromatic nitrogens is 3. The van der Waals surface area contributed by atoms with E-state index >= 15 is 0 Å². The molecule has 14 heteroatoms. The molecule has 4 atom stereocenters. The van der Waals surface area contributed by atoms with E-state index in [1.165, 1.54) is 12.8 Å². The lowest BCUT2D eigenvalue weighted by atomic mass is 9.86. The number of thiocarbonyl (C=S) groups is 2. The molecule has 296 valence electrons. The first-order valence-electron chi connectivity index (χ1n) is 19.6. The summed E-state index contributed by atoms with van der Waals surface area (Å²) >= 11 is 10.7. The van der Waals surface area contributed by atoms with Gasteiger partial charge in [0.1, 0.15) is 20.3 Å². The molecule has 1 aromatic carbocycles. The topological polar surface area (TPSA) is 69.5 Å². The first-order valence-corrected chi connectivity index (χ1v) is 22.6. The van der Waals surface area contributed by atoms with Crippen molar-refractivity contribution in [2.45, 2.75) is 142 Å². The van der Waals surface area contributed by atoms with Crippen molar-refractivity contribution in [3.63, 3.8) is 0 Å². The molecule has 1 amide bonds. The fraction of sp³-hybridized carbons (Fsp3) is 0.718. The first kappa shape index (κ1) is 43.9. The van der Waals surface area contributed by atoms with Crippen molar-refractivity contribution in [2.75, 3.05) is 32.7 Å². The number of alkyl halides is 2. The van der Waals surface area contributed by atoms with Gasteiger partial charge in [-0.05, 0) is 107 Å². The highest BCUT2D eigenvalue weighted by Gasteiger charge is 2.43. The number of rotatable bonds is 12. The molecule has 1 unspecified atom stereocenters. The van der Waals surface area contributed by atoms with Crippen LogP contribution in [0.2, 0.25) is 0 Å². The number of hydrogen-bond donors (Lipinski definition) is 1. The number of carbonyl (C=O) groups is 1. The summed E-state index contributed by atoms with van der Waals surface area (Å²) in [7, 11) is 3.18. The van der Waals surface area contributed by atoms with Crippen molar-refractivity contribution >= 4 is 60.6 Å². The average molecular weight is 810 g/mol. The fourth-order valence-corrected chi connectivity index (χ4v) is 11.1. The molecule has 0 radical (unpaired) electrons. The van der Waals surface area contributed by atoms with Crippen LogP contribution >= 0.6 is 46.0 Å². The van der Waals surface area contributed by atoms with Crippen LogP contribution in [0, 0.1) is 12.8 Å². The quantitative estimate of drug-likeness (QED) is 0.166. The standard InChI is InChI=1S/C29H41F2N5O.C10H20N2S4/c1-19(2)27-34-33-20(3)36(27)25-17-23-9-10-24(18-25)35(23)16-13-26(21-7-5-4-6-8-21)32-28(37)22-11-14-29(30,31)15-12-22;1-5-11(6-2)9(13)15-16-10(14)12(7-3)8-4/h4-8,19,22-26H,9-18H2,1-3H3,(H,32,37);5-8H2,1-4H3/t23-,24+,25?,26-;/m0./s1. The average Bonchev–Trinajstić information content (AvgIpc) is 3.65. The Labute approximate surface area is 335 Å². The summed E-state index contributed by atoms with van der Waals surface area (Å²) < 4.78 is 31.5. The van der Waals surface area contributed by atoms with E-state index in [0.29, 0.717) is 24.0 Å². The van der Waals surface area contributed by atoms with Crippen LogP contribution in [-0.4, -0.2) is 94.7 Å². The molecular formula is C39H61F2N7OS4. The minimum absolute atomic E-state index is 0.0738. The third kappa shape index (κ3) is 12.1. The zero-order valence-corrected chi connectivity index (χ0v) is 36.0. The molecule has 2 aromatic rings. The Morgan fingerprint density at radius 1 is 0.887 bits per heavy atom. The Balaban J connectivity index is 0.000000332. The lowest BCUT2D eigenvalue weighted by Crippen LogP contribution is -2.45. The van der Waals surface area contributed by atoms with E-state index in [0.717, 1.165) is 77.8 Å². The maximum absolute atomic E-state index is 13.6. The van der Waals surface area contributed by atoms with Gasteiger partial charge in [0, 0.05) is 75.5 Å². The number of hydrogen-bond acceptors (Lipinski definition) is 8. The van der Waals surface area contributed by atoms with Crippen molar-refractivity contribution < 1.29 is 13.6 Å². The Hall–Kier alpha value is -1.87.